The van der Waals surface area contributed by atoms with E-state index in [4.69, 9.17) is 32.5 Å². The first-order valence-electron chi connectivity index (χ1n) is 16.9. The number of phenolic OH excluding ortho intramolecular Hbond substituents is 1. The van der Waals surface area contributed by atoms with Gasteiger partial charge in [-0.05, 0) is 95.8 Å². The van der Waals surface area contributed by atoms with Crippen LogP contribution in [-0.2, 0) is 40.0 Å². The molecule has 4 aromatic carbocycles. The summed E-state index contributed by atoms with van der Waals surface area (Å²) in [4.78, 5) is 0. The molecule has 0 saturated heterocycles. The Kier molecular flexibility index (Phi) is 17.5. The first-order valence-corrected chi connectivity index (χ1v) is 18.3. The first-order chi connectivity index (χ1) is 26.0. The van der Waals surface area contributed by atoms with Crippen LogP contribution in [-0.4, -0.2) is 67.2 Å². The number of phenols is 1. The van der Waals surface area contributed by atoms with Crippen LogP contribution in [0.5, 0.6) is 34.5 Å². The van der Waals surface area contributed by atoms with Crippen molar-refractivity contribution in [1.29, 1.82) is 0 Å². The lowest BCUT2D eigenvalue weighted by molar-refractivity contribution is 0.166. The fourth-order valence-corrected chi connectivity index (χ4v) is 6.44. The van der Waals surface area contributed by atoms with Gasteiger partial charge < -0.3 is 49.0 Å². The summed E-state index contributed by atoms with van der Waals surface area (Å²) < 4.78 is 49.6. The predicted octanol–water partition coefficient (Wildman–Crippen LogP) is 6.98. The van der Waals surface area contributed by atoms with Crippen molar-refractivity contribution in [3.05, 3.63) is 105 Å². The fourth-order valence-electron chi connectivity index (χ4n) is 5.24. The van der Waals surface area contributed by atoms with Gasteiger partial charge in [0, 0.05) is 11.1 Å². The summed E-state index contributed by atoms with van der Waals surface area (Å²) in [6.07, 6.45) is 7.30. The van der Waals surface area contributed by atoms with Gasteiger partial charge >= 0.3 is 7.82 Å². The van der Waals surface area contributed by atoms with Crippen LogP contribution in [0.1, 0.15) is 58.4 Å². The molecule has 0 heterocycles. The molecule has 0 fully saturated rings. The van der Waals surface area contributed by atoms with Crippen molar-refractivity contribution >= 4 is 32.1 Å². The standard InChI is InChI=1S/C22H29O8P.C18H20O5/c1-5-28-31(25,29-6-2)30-22-12-16(9-10-20(22)26-3)7-8-17-11-18(14-23)19(15-24)21(13-17)27-4;1-22-17-6-5-12(8-16(17)21)3-4-13-7-14(10-19)15(11-20)18(9-13)23-2/h7-13,23-24H,5-6,14-15H2,1-4H3;3-9,19-21H,10-11H2,1-2H3/b8-7-;4-3-. The Hall–Kier alpha value is -4.85. The van der Waals surface area contributed by atoms with E-state index in [1.165, 1.54) is 28.4 Å². The third-order valence-electron chi connectivity index (χ3n) is 7.86. The van der Waals surface area contributed by atoms with Gasteiger partial charge in [0.25, 0.3) is 0 Å². The molecule has 0 spiro atoms. The Labute approximate surface area is 315 Å². The molecular weight excluding hydrogens is 719 g/mol. The van der Waals surface area contributed by atoms with Crippen LogP contribution in [0, 0.1) is 0 Å². The number of hydrogen-bond acceptors (Lipinski definition) is 13. The van der Waals surface area contributed by atoms with Crippen LogP contribution < -0.4 is 23.5 Å². The number of hydrogen-bond donors (Lipinski definition) is 5. The molecule has 4 aromatic rings. The van der Waals surface area contributed by atoms with E-state index in [1.807, 2.05) is 30.4 Å². The van der Waals surface area contributed by atoms with Gasteiger partial charge in [-0.1, -0.05) is 36.4 Å². The number of phosphoric acid groups is 1. The van der Waals surface area contributed by atoms with E-state index >= 15 is 0 Å². The Morgan fingerprint density at radius 2 is 0.926 bits per heavy atom. The zero-order chi connectivity index (χ0) is 39.7. The molecule has 0 aliphatic carbocycles. The Bertz CT molecular complexity index is 1860. The van der Waals surface area contributed by atoms with E-state index in [9.17, 15) is 30.1 Å². The van der Waals surface area contributed by atoms with Gasteiger partial charge in [-0.2, -0.15) is 0 Å². The highest BCUT2D eigenvalue weighted by atomic mass is 31.2. The van der Waals surface area contributed by atoms with Crippen molar-refractivity contribution in [2.24, 2.45) is 0 Å². The summed E-state index contributed by atoms with van der Waals surface area (Å²) in [5.74, 6) is 2.10. The van der Waals surface area contributed by atoms with Gasteiger partial charge in [0.1, 0.15) is 11.5 Å². The zero-order valence-corrected chi connectivity index (χ0v) is 32.2. The minimum atomic E-state index is -3.78. The van der Waals surface area contributed by atoms with Gasteiger partial charge in [0.05, 0.1) is 68.1 Å². The number of aliphatic hydroxyl groups is 4. The number of rotatable bonds is 18. The second kappa shape index (κ2) is 21.8. The average Bonchev–Trinajstić information content (AvgIpc) is 3.18. The predicted molar refractivity (Wildman–Crippen MR) is 207 cm³/mol. The molecule has 54 heavy (non-hydrogen) atoms. The normalized spacial score (nSPS) is 11.4. The highest BCUT2D eigenvalue weighted by molar-refractivity contribution is 7.48. The summed E-state index contributed by atoms with van der Waals surface area (Å²) >= 11 is 0. The molecule has 0 aliphatic rings. The topological polar surface area (TPSA) is 183 Å². The minimum Gasteiger partial charge on any atom is -0.504 e. The third-order valence-corrected chi connectivity index (χ3v) is 9.42. The lowest BCUT2D eigenvalue weighted by Gasteiger charge is -2.18. The number of ether oxygens (including phenoxy) is 4. The molecular formula is C40H49O13P. The zero-order valence-electron chi connectivity index (χ0n) is 31.3. The van der Waals surface area contributed by atoms with Crippen molar-refractivity contribution in [3.63, 3.8) is 0 Å². The molecule has 0 atom stereocenters. The summed E-state index contributed by atoms with van der Waals surface area (Å²) in [6, 6.07) is 17.4. The lowest BCUT2D eigenvalue weighted by Crippen LogP contribution is -2.03. The van der Waals surface area contributed by atoms with E-state index in [2.05, 4.69) is 0 Å². The molecule has 0 amide bonds. The Morgan fingerprint density at radius 1 is 0.519 bits per heavy atom. The van der Waals surface area contributed by atoms with E-state index < -0.39 is 7.82 Å². The molecule has 292 valence electrons. The number of benzene rings is 4. The monoisotopic (exact) mass is 768 g/mol. The Balaban J connectivity index is 0.000000303. The van der Waals surface area contributed by atoms with Crippen molar-refractivity contribution in [2.45, 2.75) is 40.3 Å². The minimum absolute atomic E-state index is 0.0684. The molecule has 0 radical (unpaired) electrons. The van der Waals surface area contributed by atoms with Crippen LogP contribution in [0.3, 0.4) is 0 Å². The second-order valence-corrected chi connectivity index (χ2v) is 12.8. The van der Waals surface area contributed by atoms with Gasteiger partial charge in [-0.15, -0.1) is 0 Å². The maximum Gasteiger partial charge on any atom is 0.530 e. The van der Waals surface area contributed by atoms with E-state index in [0.29, 0.717) is 45.3 Å². The van der Waals surface area contributed by atoms with Crippen LogP contribution in [0.2, 0.25) is 0 Å². The van der Waals surface area contributed by atoms with Gasteiger partial charge in [-0.3, -0.25) is 9.05 Å². The van der Waals surface area contributed by atoms with Crippen LogP contribution >= 0.6 is 7.82 Å². The molecule has 0 aromatic heterocycles. The number of aromatic hydroxyl groups is 1. The summed E-state index contributed by atoms with van der Waals surface area (Å²) in [5, 5.41) is 47.7. The summed E-state index contributed by atoms with van der Waals surface area (Å²) in [7, 11) is 2.22. The molecule has 0 bridgehead atoms. The fraction of sp³-hybridized carbons (Fsp3) is 0.300. The van der Waals surface area contributed by atoms with E-state index in [0.717, 1.165) is 22.3 Å². The van der Waals surface area contributed by atoms with Crippen molar-refractivity contribution in [2.75, 3.05) is 41.7 Å². The van der Waals surface area contributed by atoms with Crippen molar-refractivity contribution in [1.82, 2.24) is 0 Å². The van der Waals surface area contributed by atoms with Crippen LogP contribution in [0.25, 0.3) is 24.3 Å². The molecule has 5 N–H and O–H groups in total. The Morgan fingerprint density at radius 3 is 1.31 bits per heavy atom. The lowest BCUT2D eigenvalue weighted by atomic mass is 10.0. The highest BCUT2D eigenvalue weighted by Crippen LogP contribution is 2.51. The van der Waals surface area contributed by atoms with Crippen molar-refractivity contribution < 1.29 is 62.6 Å². The smallest absolute Gasteiger partial charge is 0.504 e. The molecule has 0 aliphatic heterocycles. The number of phosphoric ester groups is 1. The van der Waals surface area contributed by atoms with Gasteiger partial charge in [0.2, 0.25) is 0 Å². The first kappa shape index (κ1) is 43.6. The van der Waals surface area contributed by atoms with E-state index in [-0.39, 0.29) is 51.1 Å². The summed E-state index contributed by atoms with van der Waals surface area (Å²) in [5.41, 5.74) is 5.45. The van der Waals surface area contributed by atoms with Gasteiger partial charge in [0.15, 0.2) is 23.0 Å². The third kappa shape index (κ3) is 11.8. The molecule has 0 saturated carbocycles. The number of methoxy groups -OCH3 is 4. The molecule has 14 heteroatoms. The van der Waals surface area contributed by atoms with Crippen LogP contribution in [0.15, 0.2) is 60.7 Å². The van der Waals surface area contributed by atoms with Crippen LogP contribution in [0.4, 0.5) is 0 Å². The molecule has 13 nitrogen and oxygen atoms in total. The van der Waals surface area contributed by atoms with Gasteiger partial charge in [-0.25, -0.2) is 4.57 Å². The van der Waals surface area contributed by atoms with E-state index in [1.54, 1.807) is 68.4 Å². The highest BCUT2D eigenvalue weighted by Gasteiger charge is 2.29. The molecule has 4 rings (SSSR count). The second-order valence-electron chi connectivity index (χ2n) is 11.2. The maximum atomic E-state index is 12.7. The number of aliphatic hydroxyl groups excluding tert-OH is 4. The van der Waals surface area contributed by atoms with Crippen molar-refractivity contribution in [3.8, 4) is 34.5 Å². The summed E-state index contributed by atoms with van der Waals surface area (Å²) in [6.45, 7) is 2.88. The quantitative estimate of drug-likeness (QED) is 0.0517. The molecule has 0 unspecified atom stereocenters. The largest absolute Gasteiger partial charge is 0.530 e. The maximum absolute atomic E-state index is 12.7. The average molecular weight is 769 g/mol. The SMILES string of the molecule is CCOP(=O)(OCC)Oc1cc(/C=C\c2cc(CO)c(CO)c(OC)c2)ccc1OC.COc1ccc(/C=C\c2cc(CO)c(CO)c(OC)c2)cc1O.